The van der Waals surface area contributed by atoms with E-state index in [0.29, 0.717) is 24.5 Å². The van der Waals surface area contributed by atoms with Crippen molar-refractivity contribution >= 4 is 16.9 Å². The van der Waals surface area contributed by atoms with Crippen molar-refractivity contribution in [3.8, 4) is 11.3 Å². The van der Waals surface area contributed by atoms with Gasteiger partial charge in [-0.2, -0.15) is 5.10 Å². The van der Waals surface area contributed by atoms with Gasteiger partial charge < -0.3 is 10.1 Å². The maximum absolute atomic E-state index is 13.7. The molecule has 1 aromatic carbocycles. The van der Waals surface area contributed by atoms with E-state index in [-0.39, 0.29) is 29.0 Å². The van der Waals surface area contributed by atoms with Crippen molar-refractivity contribution in [3.05, 3.63) is 47.7 Å². The molecule has 0 bridgehead atoms. The average Bonchev–Trinajstić information content (AvgIpc) is 2.97. The number of methoxy groups -OCH3 is 1. The van der Waals surface area contributed by atoms with Crippen molar-refractivity contribution < 1.29 is 18.3 Å². The second-order valence-corrected chi connectivity index (χ2v) is 6.05. The zero-order chi connectivity index (χ0) is 19.4. The molecule has 0 unspecified atom stereocenters. The standard InChI is InChI=1S/C19H20F2N4O2/c1-12-17-14(18(20)21)10-15(13-6-4-3-5-7-13)23-19(17)25(24-12)11-16(26)22-8-9-27-2/h3-7,10,18H,8-9,11H2,1-2H3,(H,22,26). The number of amides is 1. The smallest absolute Gasteiger partial charge is 0.264 e. The number of nitrogens with zero attached hydrogens (tertiary/aromatic N) is 3. The molecule has 3 rings (SSSR count). The minimum absolute atomic E-state index is 0.109. The molecule has 0 radical (unpaired) electrons. The Morgan fingerprint density at radius 3 is 2.70 bits per heavy atom. The summed E-state index contributed by atoms with van der Waals surface area (Å²) in [6, 6.07) is 10.5. The van der Waals surface area contributed by atoms with E-state index in [1.54, 1.807) is 19.1 Å². The summed E-state index contributed by atoms with van der Waals surface area (Å²) in [6.07, 6.45) is -2.68. The van der Waals surface area contributed by atoms with E-state index in [1.165, 1.54) is 17.9 Å². The predicted octanol–water partition coefficient (Wildman–Crippen LogP) is 3.11. The lowest BCUT2D eigenvalue weighted by molar-refractivity contribution is -0.121. The molecule has 2 heterocycles. The normalized spacial score (nSPS) is 11.3. The van der Waals surface area contributed by atoms with E-state index in [9.17, 15) is 13.6 Å². The van der Waals surface area contributed by atoms with Gasteiger partial charge in [-0.3, -0.25) is 4.79 Å². The van der Waals surface area contributed by atoms with Crippen LogP contribution < -0.4 is 5.32 Å². The SMILES string of the molecule is COCCNC(=O)Cn1nc(C)c2c(C(F)F)cc(-c3ccccc3)nc21. The van der Waals surface area contributed by atoms with Crippen molar-refractivity contribution in [1.82, 2.24) is 20.1 Å². The fourth-order valence-electron chi connectivity index (χ4n) is 2.91. The second kappa shape index (κ2) is 8.22. The number of alkyl halides is 2. The van der Waals surface area contributed by atoms with Crippen molar-refractivity contribution in [2.24, 2.45) is 0 Å². The number of fused-ring (bicyclic) bond motifs is 1. The molecule has 0 fully saturated rings. The molecule has 0 saturated carbocycles. The van der Waals surface area contributed by atoms with Crippen molar-refractivity contribution in [2.75, 3.05) is 20.3 Å². The lowest BCUT2D eigenvalue weighted by Gasteiger charge is -2.09. The number of rotatable bonds is 7. The fourth-order valence-corrected chi connectivity index (χ4v) is 2.91. The first kappa shape index (κ1) is 18.9. The molecule has 1 amide bonds. The number of carbonyl (C=O) groups excluding carboxylic acids is 1. The molecule has 0 aliphatic rings. The van der Waals surface area contributed by atoms with Crippen LogP contribution in [0.3, 0.4) is 0 Å². The molecule has 2 aromatic heterocycles. The van der Waals surface area contributed by atoms with Gasteiger partial charge in [0.15, 0.2) is 5.65 Å². The van der Waals surface area contributed by atoms with Crippen LogP contribution in [-0.4, -0.2) is 40.9 Å². The first-order valence-corrected chi connectivity index (χ1v) is 8.48. The number of ether oxygens (including phenoxy) is 1. The summed E-state index contributed by atoms with van der Waals surface area (Å²) in [5, 5.41) is 7.24. The Balaban J connectivity index is 2.05. The maximum Gasteiger partial charge on any atom is 0.264 e. The minimum atomic E-state index is -2.68. The van der Waals surface area contributed by atoms with Gasteiger partial charge in [0.25, 0.3) is 6.43 Å². The summed E-state index contributed by atoms with van der Waals surface area (Å²) in [6.45, 7) is 2.27. The molecular weight excluding hydrogens is 354 g/mol. The topological polar surface area (TPSA) is 69.0 Å². The number of benzene rings is 1. The van der Waals surface area contributed by atoms with Crippen molar-refractivity contribution in [1.29, 1.82) is 0 Å². The monoisotopic (exact) mass is 374 g/mol. The number of carbonyl (C=O) groups is 1. The van der Waals surface area contributed by atoms with Crippen LogP contribution in [0.5, 0.6) is 0 Å². The molecule has 0 saturated heterocycles. The van der Waals surface area contributed by atoms with E-state index >= 15 is 0 Å². The molecule has 142 valence electrons. The first-order valence-electron chi connectivity index (χ1n) is 8.48. The van der Waals surface area contributed by atoms with Gasteiger partial charge in [0.1, 0.15) is 6.54 Å². The van der Waals surface area contributed by atoms with E-state index in [4.69, 9.17) is 4.74 Å². The van der Waals surface area contributed by atoms with Crippen LogP contribution in [0.1, 0.15) is 17.7 Å². The third-order valence-corrected chi connectivity index (χ3v) is 4.13. The fraction of sp³-hybridized carbons (Fsp3) is 0.316. The van der Waals surface area contributed by atoms with Gasteiger partial charge in [0.2, 0.25) is 5.91 Å². The van der Waals surface area contributed by atoms with Gasteiger partial charge in [-0.1, -0.05) is 30.3 Å². The Kier molecular flexibility index (Phi) is 5.75. The average molecular weight is 374 g/mol. The summed E-state index contributed by atoms with van der Waals surface area (Å²) in [5.74, 6) is -0.290. The molecule has 6 nitrogen and oxygen atoms in total. The predicted molar refractivity (Wildman–Crippen MR) is 97.5 cm³/mol. The number of halogens is 2. The Morgan fingerprint density at radius 1 is 1.30 bits per heavy atom. The summed E-state index contributed by atoms with van der Waals surface area (Å²) in [5.41, 5.74) is 1.68. The highest BCUT2D eigenvalue weighted by Gasteiger charge is 2.21. The minimum Gasteiger partial charge on any atom is -0.383 e. The van der Waals surface area contributed by atoms with Crippen LogP contribution in [0.25, 0.3) is 22.3 Å². The zero-order valence-corrected chi connectivity index (χ0v) is 15.1. The van der Waals surface area contributed by atoms with Crippen LogP contribution in [0.4, 0.5) is 8.78 Å². The van der Waals surface area contributed by atoms with Gasteiger partial charge in [0, 0.05) is 24.8 Å². The first-order chi connectivity index (χ1) is 13.0. The molecule has 0 aliphatic carbocycles. The number of nitrogens with one attached hydrogen (secondary N) is 1. The highest BCUT2D eigenvalue weighted by Crippen LogP contribution is 2.32. The van der Waals surface area contributed by atoms with E-state index in [1.807, 2.05) is 18.2 Å². The molecule has 0 atom stereocenters. The highest BCUT2D eigenvalue weighted by molar-refractivity contribution is 5.87. The number of hydrogen-bond acceptors (Lipinski definition) is 4. The molecule has 0 aliphatic heterocycles. The quantitative estimate of drug-likeness (QED) is 0.645. The zero-order valence-electron chi connectivity index (χ0n) is 15.1. The Hall–Kier alpha value is -2.87. The summed E-state index contributed by atoms with van der Waals surface area (Å²) < 4.78 is 33.6. The van der Waals surface area contributed by atoms with Crippen LogP contribution in [0, 0.1) is 6.92 Å². The van der Waals surface area contributed by atoms with Crippen LogP contribution >= 0.6 is 0 Å². The largest absolute Gasteiger partial charge is 0.383 e. The number of pyridine rings is 1. The van der Waals surface area contributed by atoms with Crippen LogP contribution in [0.2, 0.25) is 0 Å². The maximum atomic E-state index is 13.7. The molecule has 0 spiro atoms. The summed E-state index contributed by atoms with van der Waals surface area (Å²) >= 11 is 0. The van der Waals surface area contributed by atoms with Gasteiger partial charge in [0.05, 0.1) is 23.4 Å². The van der Waals surface area contributed by atoms with Crippen molar-refractivity contribution in [2.45, 2.75) is 19.9 Å². The number of aromatic nitrogens is 3. The molecule has 1 N–H and O–H groups in total. The molecule has 8 heteroatoms. The van der Waals surface area contributed by atoms with Gasteiger partial charge >= 0.3 is 0 Å². The summed E-state index contributed by atoms with van der Waals surface area (Å²) in [7, 11) is 1.54. The van der Waals surface area contributed by atoms with Gasteiger partial charge in [-0.15, -0.1) is 0 Å². The van der Waals surface area contributed by atoms with E-state index in [2.05, 4.69) is 15.4 Å². The Bertz CT molecular complexity index is 942. The van der Waals surface area contributed by atoms with Crippen molar-refractivity contribution in [3.63, 3.8) is 0 Å². The third kappa shape index (κ3) is 4.11. The summed E-state index contributed by atoms with van der Waals surface area (Å²) in [4.78, 5) is 16.6. The van der Waals surface area contributed by atoms with Crippen LogP contribution in [0.15, 0.2) is 36.4 Å². The van der Waals surface area contributed by atoms with E-state index < -0.39 is 6.43 Å². The Labute approximate surface area is 155 Å². The lowest BCUT2D eigenvalue weighted by Crippen LogP contribution is -2.30. The van der Waals surface area contributed by atoms with Gasteiger partial charge in [-0.05, 0) is 13.0 Å². The molecule has 3 aromatic rings. The van der Waals surface area contributed by atoms with Gasteiger partial charge in [-0.25, -0.2) is 18.4 Å². The second-order valence-electron chi connectivity index (χ2n) is 6.05. The van der Waals surface area contributed by atoms with E-state index in [0.717, 1.165) is 5.56 Å². The lowest BCUT2D eigenvalue weighted by atomic mass is 10.1. The number of aryl methyl sites for hydroxylation is 1. The molecular formula is C19H20F2N4O2. The van der Waals surface area contributed by atoms with Crippen LogP contribution in [-0.2, 0) is 16.1 Å². The Morgan fingerprint density at radius 2 is 2.04 bits per heavy atom. The molecule has 27 heavy (non-hydrogen) atoms. The third-order valence-electron chi connectivity index (χ3n) is 4.13. The number of hydrogen-bond donors (Lipinski definition) is 1. The highest BCUT2D eigenvalue weighted by atomic mass is 19.3.